The van der Waals surface area contributed by atoms with E-state index >= 15 is 0 Å². The Kier molecular flexibility index (Phi) is 4.06. The zero-order valence-electron chi connectivity index (χ0n) is 10.8. The molecular weight excluding hydrogens is 271 g/mol. The standard InChI is InChI=1S/C13H16F3N3O/c14-13(15,16)9-3-2-6-19(8-9)12(20)18-11-5-1-4-10(17)7-11/h1,4-5,7,9H,2-3,6,8,17H2,(H,18,20). The maximum absolute atomic E-state index is 12.7. The van der Waals surface area contributed by atoms with Gasteiger partial charge in [-0.2, -0.15) is 13.2 Å². The largest absolute Gasteiger partial charge is 0.399 e. The van der Waals surface area contributed by atoms with E-state index in [1.54, 1.807) is 24.3 Å². The van der Waals surface area contributed by atoms with Gasteiger partial charge >= 0.3 is 12.2 Å². The lowest BCUT2D eigenvalue weighted by Crippen LogP contribution is -2.46. The van der Waals surface area contributed by atoms with Crippen LogP contribution in [0.4, 0.5) is 29.3 Å². The Morgan fingerprint density at radius 1 is 1.40 bits per heavy atom. The number of halogens is 3. The summed E-state index contributed by atoms with van der Waals surface area (Å²) >= 11 is 0. The molecule has 0 radical (unpaired) electrons. The SMILES string of the molecule is Nc1cccc(NC(=O)N2CCCC(C(F)(F)F)C2)c1. The molecular formula is C13H16F3N3O. The second-order valence-electron chi connectivity index (χ2n) is 4.88. The normalized spacial score (nSPS) is 19.8. The van der Waals surface area contributed by atoms with Crippen molar-refractivity contribution in [2.24, 2.45) is 5.92 Å². The smallest absolute Gasteiger partial charge is 0.393 e. The van der Waals surface area contributed by atoms with Crippen molar-refractivity contribution >= 4 is 17.4 Å². The first-order valence-electron chi connectivity index (χ1n) is 6.34. The summed E-state index contributed by atoms with van der Waals surface area (Å²) in [5.41, 5.74) is 6.54. The van der Waals surface area contributed by atoms with Crippen molar-refractivity contribution in [3.63, 3.8) is 0 Å². The Balaban J connectivity index is 1.99. The first kappa shape index (κ1) is 14.5. The summed E-state index contributed by atoms with van der Waals surface area (Å²) in [7, 11) is 0. The number of urea groups is 1. The number of nitrogen functional groups attached to an aromatic ring is 1. The average molecular weight is 287 g/mol. The molecule has 1 unspecified atom stereocenters. The summed E-state index contributed by atoms with van der Waals surface area (Å²) in [6.45, 7) is 0.0401. The lowest BCUT2D eigenvalue weighted by Gasteiger charge is -2.33. The number of nitrogens with zero attached hydrogens (tertiary/aromatic N) is 1. The first-order valence-corrected chi connectivity index (χ1v) is 6.34. The van der Waals surface area contributed by atoms with Gasteiger partial charge in [0.15, 0.2) is 0 Å². The number of nitrogens with one attached hydrogen (secondary N) is 1. The maximum Gasteiger partial charge on any atom is 0.393 e. The highest BCUT2D eigenvalue weighted by atomic mass is 19.4. The molecule has 1 aliphatic heterocycles. The summed E-state index contributed by atoms with van der Waals surface area (Å²) in [6.07, 6.45) is -3.82. The van der Waals surface area contributed by atoms with E-state index in [4.69, 9.17) is 5.73 Å². The number of rotatable bonds is 1. The van der Waals surface area contributed by atoms with Gasteiger partial charge in [-0.1, -0.05) is 6.07 Å². The summed E-state index contributed by atoms with van der Waals surface area (Å²) < 4.78 is 38.0. The number of amides is 2. The minimum absolute atomic E-state index is 0.0750. The number of likely N-dealkylation sites (tertiary alicyclic amines) is 1. The van der Waals surface area contributed by atoms with E-state index in [1.807, 2.05) is 0 Å². The number of piperidine rings is 1. The Morgan fingerprint density at radius 2 is 2.15 bits per heavy atom. The molecule has 0 aromatic heterocycles. The monoisotopic (exact) mass is 287 g/mol. The molecule has 4 nitrogen and oxygen atoms in total. The molecule has 1 aromatic rings. The number of carbonyl (C=O) groups is 1. The number of anilines is 2. The molecule has 3 N–H and O–H groups in total. The highest BCUT2D eigenvalue weighted by molar-refractivity contribution is 5.89. The molecule has 1 aliphatic rings. The van der Waals surface area contributed by atoms with Crippen molar-refractivity contribution in [2.45, 2.75) is 19.0 Å². The number of hydrogen-bond donors (Lipinski definition) is 2. The molecule has 20 heavy (non-hydrogen) atoms. The van der Waals surface area contributed by atoms with Gasteiger partial charge in [-0.05, 0) is 31.0 Å². The molecule has 0 saturated carbocycles. The van der Waals surface area contributed by atoms with Gasteiger partial charge in [0.25, 0.3) is 0 Å². The van der Waals surface area contributed by atoms with Crippen LogP contribution in [0.2, 0.25) is 0 Å². The van der Waals surface area contributed by atoms with Crippen LogP contribution in [0.3, 0.4) is 0 Å². The fourth-order valence-corrected chi connectivity index (χ4v) is 2.25. The number of carbonyl (C=O) groups excluding carboxylic acids is 1. The van der Waals surface area contributed by atoms with Crippen LogP contribution in [-0.2, 0) is 0 Å². The molecule has 7 heteroatoms. The van der Waals surface area contributed by atoms with Crippen LogP contribution >= 0.6 is 0 Å². The molecule has 1 heterocycles. The van der Waals surface area contributed by atoms with Crippen LogP contribution in [-0.4, -0.2) is 30.2 Å². The van der Waals surface area contributed by atoms with Crippen LogP contribution in [0, 0.1) is 5.92 Å². The van der Waals surface area contributed by atoms with Gasteiger partial charge in [0.05, 0.1) is 5.92 Å². The predicted octanol–water partition coefficient (Wildman–Crippen LogP) is 3.08. The number of benzene rings is 1. The van der Waals surface area contributed by atoms with Gasteiger partial charge in [-0.15, -0.1) is 0 Å². The number of alkyl halides is 3. The molecule has 0 aliphatic carbocycles. The topological polar surface area (TPSA) is 58.4 Å². The third kappa shape index (κ3) is 3.55. The van der Waals surface area contributed by atoms with Crippen LogP contribution < -0.4 is 11.1 Å². The Hall–Kier alpha value is -1.92. The van der Waals surface area contributed by atoms with Crippen molar-refractivity contribution in [1.29, 1.82) is 0 Å². The van der Waals surface area contributed by atoms with Gasteiger partial charge < -0.3 is 16.0 Å². The Labute approximate surface area is 114 Å². The van der Waals surface area contributed by atoms with Crippen LogP contribution in [0.25, 0.3) is 0 Å². The fraction of sp³-hybridized carbons (Fsp3) is 0.462. The van der Waals surface area contributed by atoms with Gasteiger partial charge in [0.2, 0.25) is 0 Å². The highest BCUT2D eigenvalue weighted by Crippen LogP contribution is 2.33. The molecule has 0 spiro atoms. The van der Waals surface area contributed by atoms with E-state index in [2.05, 4.69) is 5.32 Å². The Bertz CT molecular complexity index is 490. The van der Waals surface area contributed by atoms with Crippen LogP contribution in [0.5, 0.6) is 0 Å². The maximum atomic E-state index is 12.7. The van der Waals surface area contributed by atoms with Crippen molar-refractivity contribution in [1.82, 2.24) is 4.90 Å². The van der Waals surface area contributed by atoms with Gasteiger partial charge in [-0.25, -0.2) is 4.79 Å². The zero-order valence-corrected chi connectivity index (χ0v) is 10.8. The third-order valence-corrected chi connectivity index (χ3v) is 3.31. The van der Waals surface area contributed by atoms with E-state index in [-0.39, 0.29) is 13.0 Å². The molecule has 110 valence electrons. The van der Waals surface area contributed by atoms with Crippen LogP contribution in [0.1, 0.15) is 12.8 Å². The fourth-order valence-electron chi connectivity index (χ4n) is 2.25. The lowest BCUT2D eigenvalue weighted by molar-refractivity contribution is -0.183. The van der Waals surface area contributed by atoms with E-state index in [9.17, 15) is 18.0 Å². The quantitative estimate of drug-likeness (QED) is 0.780. The molecule has 2 rings (SSSR count). The average Bonchev–Trinajstić information content (AvgIpc) is 2.38. The molecule has 0 bridgehead atoms. The van der Waals surface area contributed by atoms with E-state index < -0.39 is 18.1 Å². The van der Waals surface area contributed by atoms with Crippen molar-refractivity contribution in [3.8, 4) is 0 Å². The van der Waals surface area contributed by atoms with Gasteiger partial charge in [0, 0.05) is 24.5 Å². The molecule has 1 saturated heterocycles. The van der Waals surface area contributed by atoms with Crippen molar-refractivity contribution < 1.29 is 18.0 Å². The van der Waals surface area contributed by atoms with Gasteiger partial charge in [0.1, 0.15) is 0 Å². The summed E-state index contributed by atoms with van der Waals surface area (Å²) in [5, 5.41) is 2.56. The third-order valence-electron chi connectivity index (χ3n) is 3.31. The number of nitrogens with two attached hydrogens (primary N) is 1. The lowest BCUT2D eigenvalue weighted by atomic mass is 9.98. The second kappa shape index (κ2) is 5.60. The molecule has 1 fully saturated rings. The second-order valence-corrected chi connectivity index (χ2v) is 4.88. The van der Waals surface area contributed by atoms with Gasteiger partial charge in [-0.3, -0.25) is 0 Å². The minimum atomic E-state index is -4.25. The Morgan fingerprint density at radius 3 is 2.80 bits per heavy atom. The minimum Gasteiger partial charge on any atom is -0.399 e. The zero-order chi connectivity index (χ0) is 14.8. The highest BCUT2D eigenvalue weighted by Gasteiger charge is 2.42. The summed E-state index contributed by atoms with van der Waals surface area (Å²) in [5.74, 6) is -1.44. The summed E-state index contributed by atoms with van der Waals surface area (Å²) in [4.78, 5) is 13.2. The molecule has 2 amide bonds. The van der Waals surface area contributed by atoms with E-state index in [1.165, 1.54) is 4.90 Å². The predicted molar refractivity (Wildman–Crippen MR) is 70.2 cm³/mol. The van der Waals surface area contributed by atoms with Crippen LogP contribution in [0.15, 0.2) is 24.3 Å². The summed E-state index contributed by atoms with van der Waals surface area (Å²) in [6, 6.07) is 6.00. The molecule has 1 aromatic carbocycles. The van der Waals surface area contributed by atoms with Crippen molar-refractivity contribution in [2.75, 3.05) is 24.1 Å². The van der Waals surface area contributed by atoms with Crippen molar-refractivity contribution in [3.05, 3.63) is 24.3 Å². The number of hydrogen-bond acceptors (Lipinski definition) is 2. The first-order chi connectivity index (χ1) is 9.36. The van der Waals surface area contributed by atoms with E-state index in [0.717, 1.165) is 0 Å². The van der Waals surface area contributed by atoms with E-state index in [0.29, 0.717) is 24.3 Å². The molecule has 1 atom stereocenters.